The van der Waals surface area contributed by atoms with Gasteiger partial charge in [-0.2, -0.15) is 5.10 Å². The first-order chi connectivity index (χ1) is 10.6. The van der Waals surface area contributed by atoms with Crippen molar-refractivity contribution >= 4 is 21.5 Å². The van der Waals surface area contributed by atoms with Gasteiger partial charge in [-0.05, 0) is 25.7 Å². The van der Waals surface area contributed by atoms with Crippen molar-refractivity contribution in [1.82, 2.24) is 9.78 Å². The Morgan fingerprint density at radius 1 is 1.05 bits per heavy atom. The molecule has 5 nitrogen and oxygen atoms in total. The van der Waals surface area contributed by atoms with E-state index >= 15 is 0 Å². The van der Waals surface area contributed by atoms with Crippen molar-refractivity contribution in [2.75, 3.05) is 4.72 Å². The van der Waals surface area contributed by atoms with E-state index in [0.29, 0.717) is 11.5 Å². The van der Waals surface area contributed by atoms with Gasteiger partial charge in [0.05, 0.1) is 16.8 Å². The zero-order valence-corrected chi connectivity index (χ0v) is 12.9. The monoisotopic (exact) mass is 315 g/mol. The molecule has 1 aliphatic heterocycles. The van der Waals surface area contributed by atoms with Crippen LogP contribution in [-0.4, -0.2) is 18.2 Å². The summed E-state index contributed by atoms with van der Waals surface area (Å²) in [6.07, 6.45) is 5.16. The molecule has 0 bridgehead atoms. The van der Waals surface area contributed by atoms with Crippen molar-refractivity contribution in [1.29, 1.82) is 0 Å². The second kappa shape index (κ2) is 4.98. The summed E-state index contributed by atoms with van der Waals surface area (Å²) in [5.41, 5.74) is 3.55. The molecule has 0 unspecified atom stereocenters. The smallest absolute Gasteiger partial charge is 0.258 e. The SMILES string of the molecule is O=S1(=O)C=C(c2ccccc2)n2nc3c(c2N1)CCCCC3. The fourth-order valence-corrected chi connectivity index (χ4v) is 4.24. The van der Waals surface area contributed by atoms with Gasteiger partial charge in [0.15, 0.2) is 0 Å². The Bertz CT molecular complexity index is 851. The summed E-state index contributed by atoms with van der Waals surface area (Å²) in [6.45, 7) is 0. The minimum Gasteiger partial charge on any atom is -0.263 e. The molecule has 0 radical (unpaired) electrons. The molecule has 1 aromatic carbocycles. The van der Waals surface area contributed by atoms with Crippen LogP contribution < -0.4 is 4.72 Å². The average Bonchev–Trinajstić information content (AvgIpc) is 2.70. The van der Waals surface area contributed by atoms with Crippen LogP contribution >= 0.6 is 0 Å². The van der Waals surface area contributed by atoms with Gasteiger partial charge in [-0.3, -0.25) is 4.72 Å². The van der Waals surface area contributed by atoms with Crippen molar-refractivity contribution in [3.63, 3.8) is 0 Å². The van der Waals surface area contributed by atoms with Gasteiger partial charge in [-0.1, -0.05) is 36.8 Å². The third-order valence-corrected chi connectivity index (χ3v) is 5.22. The Kier molecular flexibility index (Phi) is 3.07. The number of nitrogens with one attached hydrogen (secondary N) is 1. The maximum absolute atomic E-state index is 12.2. The molecular formula is C16H17N3O2S. The van der Waals surface area contributed by atoms with Crippen molar-refractivity contribution in [3.05, 3.63) is 52.6 Å². The number of nitrogens with zero attached hydrogens (tertiary/aromatic N) is 2. The quantitative estimate of drug-likeness (QED) is 0.823. The van der Waals surface area contributed by atoms with E-state index in [2.05, 4.69) is 4.72 Å². The Morgan fingerprint density at radius 2 is 1.82 bits per heavy atom. The van der Waals surface area contributed by atoms with Crippen molar-refractivity contribution < 1.29 is 8.42 Å². The van der Waals surface area contributed by atoms with E-state index in [-0.39, 0.29) is 0 Å². The van der Waals surface area contributed by atoms with Gasteiger partial charge in [0, 0.05) is 11.1 Å². The highest BCUT2D eigenvalue weighted by atomic mass is 32.2. The van der Waals surface area contributed by atoms with E-state index in [0.717, 1.165) is 42.5 Å². The number of benzene rings is 1. The lowest BCUT2D eigenvalue weighted by Crippen LogP contribution is -2.21. The molecule has 0 spiro atoms. The van der Waals surface area contributed by atoms with Crippen LogP contribution in [0.2, 0.25) is 0 Å². The fraction of sp³-hybridized carbons (Fsp3) is 0.312. The number of hydrogen-bond acceptors (Lipinski definition) is 3. The van der Waals surface area contributed by atoms with Crippen LogP contribution in [0.3, 0.4) is 0 Å². The lowest BCUT2D eigenvalue weighted by molar-refractivity contribution is 0.607. The van der Waals surface area contributed by atoms with Crippen molar-refractivity contribution in [2.45, 2.75) is 32.1 Å². The number of anilines is 1. The highest BCUT2D eigenvalue weighted by Crippen LogP contribution is 2.34. The van der Waals surface area contributed by atoms with Crippen molar-refractivity contribution in [2.24, 2.45) is 0 Å². The Hall–Kier alpha value is -2.08. The van der Waals surface area contributed by atoms with Crippen LogP contribution in [0.1, 0.15) is 36.1 Å². The van der Waals surface area contributed by atoms with E-state index in [9.17, 15) is 8.42 Å². The molecule has 114 valence electrons. The maximum atomic E-state index is 12.2. The maximum Gasteiger partial charge on any atom is 0.258 e. The highest BCUT2D eigenvalue weighted by molar-refractivity contribution is 7.95. The minimum atomic E-state index is -3.48. The molecule has 1 N–H and O–H groups in total. The number of sulfonamides is 1. The molecule has 2 heterocycles. The molecule has 1 aliphatic carbocycles. The van der Waals surface area contributed by atoms with Crippen molar-refractivity contribution in [3.8, 4) is 0 Å². The molecule has 2 aliphatic rings. The van der Waals surface area contributed by atoms with Gasteiger partial charge in [-0.15, -0.1) is 0 Å². The summed E-state index contributed by atoms with van der Waals surface area (Å²) >= 11 is 0. The summed E-state index contributed by atoms with van der Waals surface area (Å²) in [6, 6.07) is 9.53. The minimum absolute atomic E-state index is 0.613. The average molecular weight is 315 g/mol. The van der Waals surface area contributed by atoms with Crippen LogP contribution in [0, 0.1) is 0 Å². The first kappa shape index (κ1) is 13.6. The van der Waals surface area contributed by atoms with Gasteiger partial charge >= 0.3 is 0 Å². The normalized spacial score (nSPS) is 19.4. The largest absolute Gasteiger partial charge is 0.263 e. The number of hydrogen-bond donors (Lipinski definition) is 1. The summed E-state index contributed by atoms with van der Waals surface area (Å²) < 4.78 is 28.9. The zero-order chi connectivity index (χ0) is 15.2. The zero-order valence-electron chi connectivity index (χ0n) is 12.1. The van der Waals surface area contributed by atoms with Gasteiger partial charge in [0.2, 0.25) is 0 Å². The van der Waals surface area contributed by atoms with Crippen LogP contribution in [0.5, 0.6) is 0 Å². The second-order valence-electron chi connectivity index (χ2n) is 5.76. The molecule has 0 atom stereocenters. The van der Waals surface area contributed by atoms with Crippen LogP contribution in [0.25, 0.3) is 5.70 Å². The Balaban J connectivity index is 1.93. The molecule has 0 saturated heterocycles. The number of fused-ring (bicyclic) bond motifs is 3. The summed E-state index contributed by atoms with van der Waals surface area (Å²) in [5, 5.41) is 5.96. The number of rotatable bonds is 1. The van der Waals surface area contributed by atoms with E-state index in [4.69, 9.17) is 5.10 Å². The first-order valence-corrected chi connectivity index (χ1v) is 9.10. The molecule has 1 aromatic heterocycles. The third-order valence-electron chi connectivity index (χ3n) is 4.21. The van der Waals surface area contributed by atoms with Crippen LogP contribution in [0.15, 0.2) is 35.7 Å². The van der Waals surface area contributed by atoms with E-state index in [1.54, 1.807) is 4.68 Å². The third kappa shape index (κ3) is 2.23. The highest BCUT2D eigenvalue weighted by Gasteiger charge is 2.28. The van der Waals surface area contributed by atoms with Gasteiger partial charge in [0.1, 0.15) is 5.82 Å². The Labute approximate surface area is 129 Å². The molecule has 0 amide bonds. The second-order valence-corrected chi connectivity index (χ2v) is 7.29. The molecule has 0 fully saturated rings. The van der Waals surface area contributed by atoms with Gasteiger partial charge in [-0.25, -0.2) is 13.1 Å². The first-order valence-electron chi connectivity index (χ1n) is 7.55. The van der Waals surface area contributed by atoms with Crippen LogP contribution in [-0.2, 0) is 22.9 Å². The summed E-state index contributed by atoms with van der Waals surface area (Å²) in [7, 11) is -3.48. The standard InChI is InChI=1S/C16H17N3O2S/c20-22(21)11-15(12-7-3-1-4-8-12)19-16(18-22)13-9-5-2-6-10-14(13)17-19/h1,3-4,7-8,11,18H,2,5-6,9-10H2. The van der Waals surface area contributed by atoms with Gasteiger partial charge < -0.3 is 0 Å². The molecule has 0 saturated carbocycles. The molecule has 2 aromatic rings. The molecule has 6 heteroatoms. The van der Waals surface area contributed by atoms with Crippen LogP contribution in [0.4, 0.5) is 5.82 Å². The molecular weight excluding hydrogens is 298 g/mol. The van der Waals surface area contributed by atoms with E-state index < -0.39 is 10.0 Å². The fourth-order valence-electron chi connectivity index (χ4n) is 3.17. The molecule has 4 rings (SSSR count). The summed E-state index contributed by atoms with van der Waals surface area (Å²) in [4.78, 5) is 0. The lowest BCUT2D eigenvalue weighted by atomic mass is 10.1. The molecule has 22 heavy (non-hydrogen) atoms. The Morgan fingerprint density at radius 3 is 2.64 bits per heavy atom. The van der Waals surface area contributed by atoms with E-state index in [1.165, 1.54) is 11.8 Å². The summed E-state index contributed by atoms with van der Waals surface area (Å²) in [5.74, 6) is 0.623. The van der Waals surface area contributed by atoms with Gasteiger partial charge in [0.25, 0.3) is 10.0 Å². The van der Waals surface area contributed by atoms with E-state index in [1.807, 2.05) is 30.3 Å². The predicted octanol–water partition coefficient (Wildman–Crippen LogP) is 2.75. The predicted molar refractivity (Wildman–Crippen MR) is 85.8 cm³/mol. The lowest BCUT2D eigenvalue weighted by Gasteiger charge is -2.19. The number of aromatic nitrogens is 2. The topological polar surface area (TPSA) is 64.0 Å². The number of aryl methyl sites for hydroxylation is 1.